The Labute approximate surface area is 116 Å². The van der Waals surface area contributed by atoms with Gasteiger partial charge in [-0.05, 0) is 43.5 Å². The fourth-order valence-electron chi connectivity index (χ4n) is 2.79. The zero-order valence-corrected chi connectivity index (χ0v) is 11.9. The average molecular weight is 264 g/mol. The van der Waals surface area contributed by atoms with Crippen molar-refractivity contribution in [3.63, 3.8) is 0 Å². The van der Waals surface area contributed by atoms with Crippen LogP contribution in [0, 0.1) is 11.7 Å². The lowest BCUT2D eigenvalue weighted by molar-refractivity contribution is 0.343. The Balaban J connectivity index is 1.64. The Bertz CT molecular complexity index is 375. The topological polar surface area (TPSA) is 15.3 Å². The lowest BCUT2D eigenvalue weighted by Crippen LogP contribution is -2.32. The summed E-state index contributed by atoms with van der Waals surface area (Å²) in [5.41, 5.74) is 0.944. The minimum Gasteiger partial charge on any atom is -0.373 e. The molecular weight excluding hydrogens is 239 g/mol. The number of rotatable bonds is 6. The van der Waals surface area contributed by atoms with Crippen molar-refractivity contribution in [1.29, 1.82) is 0 Å². The van der Waals surface area contributed by atoms with Crippen molar-refractivity contribution in [2.24, 2.45) is 5.92 Å². The molecule has 1 N–H and O–H groups in total. The van der Waals surface area contributed by atoms with E-state index in [-0.39, 0.29) is 5.82 Å². The van der Waals surface area contributed by atoms with Gasteiger partial charge in [-0.25, -0.2) is 4.39 Å². The molecule has 0 atom stereocenters. The molecule has 1 aromatic rings. The molecule has 1 aliphatic carbocycles. The van der Waals surface area contributed by atoms with Gasteiger partial charge < -0.3 is 10.2 Å². The minimum absolute atomic E-state index is 0.167. The zero-order chi connectivity index (χ0) is 13.5. The third-order valence-electron chi connectivity index (χ3n) is 4.03. The molecule has 0 heterocycles. The quantitative estimate of drug-likeness (QED) is 0.792. The van der Waals surface area contributed by atoms with Crippen LogP contribution in [0.4, 0.5) is 10.1 Å². The van der Waals surface area contributed by atoms with Crippen molar-refractivity contribution in [1.82, 2.24) is 5.32 Å². The fourth-order valence-corrected chi connectivity index (χ4v) is 2.79. The highest BCUT2D eigenvalue weighted by atomic mass is 19.1. The van der Waals surface area contributed by atoms with Gasteiger partial charge in [-0.2, -0.15) is 0 Å². The smallest absolute Gasteiger partial charge is 0.125 e. The highest BCUT2D eigenvalue weighted by Gasteiger charge is 2.12. The van der Waals surface area contributed by atoms with Crippen molar-refractivity contribution in [3.8, 4) is 0 Å². The van der Waals surface area contributed by atoms with E-state index < -0.39 is 0 Å². The molecule has 2 rings (SSSR count). The molecule has 3 heteroatoms. The van der Waals surface area contributed by atoms with Crippen LogP contribution in [-0.4, -0.2) is 26.7 Å². The van der Waals surface area contributed by atoms with Crippen LogP contribution >= 0.6 is 0 Å². The van der Waals surface area contributed by atoms with E-state index in [1.807, 2.05) is 13.1 Å². The third kappa shape index (κ3) is 4.83. The summed E-state index contributed by atoms with van der Waals surface area (Å²) in [6, 6.07) is 6.78. The highest BCUT2D eigenvalue weighted by Crippen LogP contribution is 2.22. The van der Waals surface area contributed by atoms with Gasteiger partial charge in [0.25, 0.3) is 0 Å². The van der Waals surface area contributed by atoms with E-state index >= 15 is 0 Å². The Morgan fingerprint density at radius 1 is 1.26 bits per heavy atom. The van der Waals surface area contributed by atoms with Crippen molar-refractivity contribution >= 4 is 5.69 Å². The van der Waals surface area contributed by atoms with E-state index in [2.05, 4.69) is 10.2 Å². The standard InChI is InChI=1S/C16H25FN2/c1-19(16-9-5-8-15(17)12-16)11-10-18-13-14-6-3-2-4-7-14/h5,8-9,12,14,18H,2-4,6-7,10-11,13H2,1H3. The summed E-state index contributed by atoms with van der Waals surface area (Å²) >= 11 is 0. The van der Waals surface area contributed by atoms with E-state index in [0.717, 1.165) is 31.2 Å². The molecule has 0 bridgehead atoms. The molecule has 19 heavy (non-hydrogen) atoms. The van der Waals surface area contributed by atoms with Crippen LogP contribution in [-0.2, 0) is 0 Å². The summed E-state index contributed by atoms with van der Waals surface area (Å²) in [4.78, 5) is 2.09. The minimum atomic E-state index is -0.167. The first-order valence-corrected chi connectivity index (χ1v) is 7.43. The Morgan fingerprint density at radius 3 is 2.79 bits per heavy atom. The molecular formula is C16H25FN2. The number of halogens is 1. The normalized spacial score (nSPS) is 16.5. The first kappa shape index (κ1) is 14.3. The van der Waals surface area contributed by atoms with E-state index in [9.17, 15) is 4.39 Å². The van der Waals surface area contributed by atoms with Gasteiger partial charge in [0.15, 0.2) is 0 Å². The Morgan fingerprint density at radius 2 is 2.05 bits per heavy atom. The monoisotopic (exact) mass is 264 g/mol. The van der Waals surface area contributed by atoms with Crippen LogP contribution in [0.1, 0.15) is 32.1 Å². The summed E-state index contributed by atoms with van der Waals surface area (Å²) in [5, 5.41) is 3.53. The molecule has 0 aromatic heterocycles. The zero-order valence-electron chi connectivity index (χ0n) is 11.9. The molecule has 0 aliphatic heterocycles. The SMILES string of the molecule is CN(CCNCC1CCCCC1)c1cccc(F)c1. The Kier molecular flexibility index (Phi) is 5.64. The van der Waals surface area contributed by atoms with Crippen molar-refractivity contribution in [2.45, 2.75) is 32.1 Å². The van der Waals surface area contributed by atoms with Crippen molar-refractivity contribution in [2.75, 3.05) is 31.6 Å². The van der Waals surface area contributed by atoms with Gasteiger partial charge in [-0.3, -0.25) is 0 Å². The van der Waals surface area contributed by atoms with Gasteiger partial charge in [0, 0.05) is 25.8 Å². The van der Waals surface area contributed by atoms with E-state index in [4.69, 9.17) is 0 Å². The first-order chi connectivity index (χ1) is 9.25. The molecule has 1 aromatic carbocycles. The van der Waals surface area contributed by atoms with Gasteiger partial charge in [0.05, 0.1) is 0 Å². The van der Waals surface area contributed by atoms with Crippen LogP contribution in [0.5, 0.6) is 0 Å². The number of nitrogens with zero attached hydrogens (tertiary/aromatic N) is 1. The second-order valence-electron chi connectivity index (χ2n) is 5.61. The number of likely N-dealkylation sites (N-methyl/N-ethyl adjacent to an activating group) is 1. The molecule has 1 fully saturated rings. The summed E-state index contributed by atoms with van der Waals surface area (Å²) in [7, 11) is 2.01. The predicted octanol–water partition coefficient (Wildman–Crippen LogP) is 3.43. The lowest BCUT2D eigenvalue weighted by atomic mass is 9.89. The number of hydrogen-bond donors (Lipinski definition) is 1. The molecule has 0 amide bonds. The largest absolute Gasteiger partial charge is 0.373 e. The van der Waals surface area contributed by atoms with Gasteiger partial charge in [-0.1, -0.05) is 25.3 Å². The van der Waals surface area contributed by atoms with Crippen LogP contribution in [0.15, 0.2) is 24.3 Å². The van der Waals surface area contributed by atoms with Crippen LogP contribution in [0.3, 0.4) is 0 Å². The molecule has 0 unspecified atom stereocenters. The van der Waals surface area contributed by atoms with Gasteiger partial charge >= 0.3 is 0 Å². The number of hydrogen-bond acceptors (Lipinski definition) is 2. The van der Waals surface area contributed by atoms with Crippen LogP contribution in [0.25, 0.3) is 0 Å². The van der Waals surface area contributed by atoms with Gasteiger partial charge in [-0.15, -0.1) is 0 Å². The first-order valence-electron chi connectivity index (χ1n) is 7.43. The molecule has 2 nitrogen and oxygen atoms in total. The van der Waals surface area contributed by atoms with Gasteiger partial charge in [0.2, 0.25) is 0 Å². The summed E-state index contributed by atoms with van der Waals surface area (Å²) in [6.45, 7) is 3.01. The predicted molar refractivity (Wildman–Crippen MR) is 79.1 cm³/mol. The van der Waals surface area contributed by atoms with E-state index in [1.54, 1.807) is 12.1 Å². The van der Waals surface area contributed by atoms with E-state index in [0.29, 0.717) is 0 Å². The summed E-state index contributed by atoms with van der Waals surface area (Å²) in [5.74, 6) is 0.702. The average Bonchev–Trinajstić information content (AvgIpc) is 2.44. The van der Waals surface area contributed by atoms with Crippen molar-refractivity contribution < 1.29 is 4.39 Å². The maximum Gasteiger partial charge on any atom is 0.125 e. The molecule has 106 valence electrons. The second kappa shape index (κ2) is 7.49. The maximum atomic E-state index is 13.1. The number of nitrogens with one attached hydrogen (secondary N) is 1. The van der Waals surface area contributed by atoms with Crippen LogP contribution in [0.2, 0.25) is 0 Å². The third-order valence-corrected chi connectivity index (χ3v) is 4.03. The molecule has 0 radical (unpaired) electrons. The second-order valence-corrected chi connectivity index (χ2v) is 5.61. The molecule has 1 aliphatic rings. The van der Waals surface area contributed by atoms with Crippen molar-refractivity contribution in [3.05, 3.63) is 30.1 Å². The molecule has 0 spiro atoms. The fraction of sp³-hybridized carbons (Fsp3) is 0.625. The molecule has 0 saturated heterocycles. The maximum absolute atomic E-state index is 13.1. The van der Waals surface area contributed by atoms with Crippen LogP contribution < -0.4 is 10.2 Å². The summed E-state index contributed by atoms with van der Waals surface area (Å²) in [6.07, 6.45) is 6.98. The number of benzene rings is 1. The lowest BCUT2D eigenvalue weighted by Gasteiger charge is -2.23. The van der Waals surface area contributed by atoms with Gasteiger partial charge in [0.1, 0.15) is 5.82 Å². The van der Waals surface area contributed by atoms with E-state index in [1.165, 1.54) is 38.2 Å². The Hall–Kier alpha value is -1.09. The highest BCUT2D eigenvalue weighted by molar-refractivity contribution is 5.45. The number of anilines is 1. The summed E-state index contributed by atoms with van der Waals surface area (Å²) < 4.78 is 13.1. The molecule has 1 saturated carbocycles.